The molecular formula is C17H24N2O4. The Kier molecular flexibility index (Phi) is 4.05. The lowest BCUT2D eigenvalue weighted by molar-refractivity contribution is -0.0754. The Hall–Kier alpha value is -1.50. The number of hydrogen-bond donors (Lipinski definition) is 0. The molecule has 1 aromatic carbocycles. The van der Waals surface area contributed by atoms with Gasteiger partial charge in [0.15, 0.2) is 11.5 Å². The van der Waals surface area contributed by atoms with Gasteiger partial charge >= 0.3 is 0 Å². The van der Waals surface area contributed by atoms with E-state index in [-0.39, 0.29) is 12.9 Å². The number of fused-ring (bicyclic) bond motifs is 4. The van der Waals surface area contributed by atoms with Gasteiger partial charge in [0.2, 0.25) is 6.79 Å². The predicted octanol–water partition coefficient (Wildman–Crippen LogP) is 1.50. The van der Waals surface area contributed by atoms with Gasteiger partial charge < -0.3 is 23.8 Å². The summed E-state index contributed by atoms with van der Waals surface area (Å²) in [5, 5.41) is 0. The summed E-state index contributed by atoms with van der Waals surface area (Å²) in [4.78, 5) is 4.76. The summed E-state index contributed by atoms with van der Waals surface area (Å²) in [5.41, 5.74) is 1.09. The van der Waals surface area contributed by atoms with Crippen molar-refractivity contribution in [2.75, 3.05) is 53.7 Å². The number of ether oxygens (including phenoxy) is 4. The minimum absolute atomic E-state index is 0.0397. The molecule has 0 unspecified atom stereocenters. The van der Waals surface area contributed by atoms with Crippen LogP contribution in [0.25, 0.3) is 0 Å². The van der Waals surface area contributed by atoms with Crippen molar-refractivity contribution in [3.63, 3.8) is 0 Å². The van der Waals surface area contributed by atoms with Gasteiger partial charge in [0, 0.05) is 37.3 Å². The lowest BCUT2D eigenvalue weighted by Crippen LogP contribution is -2.49. The second-order valence-electron chi connectivity index (χ2n) is 6.58. The van der Waals surface area contributed by atoms with E-state index in [1.54, 1.807) is 0 Å². The van der Waals surface area contributed by atoms with Gasteiger partial charge in [-0.15, -0.1) is 0 Å². The van der Waals surface area contributed by atoms with Crippen LogP contribution in [-0.4, -0.2) is 69.6 Å². The summed E-state index contributed by atoms with van der Waals surface area (Å²) in [6.07, 6.45) is 1.01. The smallest absolute Gasteiger partial charge is 0.231 e. The fraction of sp³-hybridized carbons (Fsp3) is 0.647. The molecule has 3 heterocycles. The normalized spacial score (nSPS) is 26.4. The Morgan fingerprint density at radius 3 is 2.74 bits per heavy atom. The summed E-state index contributed by atoms with van der Waals surface area (Å²) in [5.74, 6) is 2.43. The highest BCUT2D eigenvalue weighted by molar-refractivity contribution is 5.53. The Morgan fingerprint density at radius 1 is 1.09 bits per heavy atom. The summed E-state index contributed by atoms with van der Waals surface area (Å²) in [6, 6.07) is 4.34. The summed E-state index contributed by atoms with van der Waals surface area (Å²) < 4.78 is 23.1. The van der Waals surface area contributed by atoms with Gasteiger partial charge in [-0.25, -0.2) is 0 Å². The summed E-state index contributed by atoms with van der Waals surface area (Å²) in [6.45, 7) is 4.82. The van der Waals surface area contributed by atoms with Gasteiger partial charge in [-0.2, -0.15) is 0 Å². The fourth-order valence-electron chi connectivity index (χ4n) is 3.58. The molecule has 4 rings (SSSR count). The van der Waals surface area contributed by atoms with Crippen LogP contribution in [0.1, 0.15) is 18.1 Å². The zero-order valence-electron chi connectivity index (χ0n) is 13.8. The molecule has 0 N–H and O–H groups in total. The fourth-order valence-corrected chi connectivity index (χ4v) is 3.58. The zero-order chi connectivity index (χ0) is 15.8. The Morgan fingerprint density at radius 2 is 1.91 bits per heavy atom. The van der Waals surface area contributed by atoms with Gasteiger partial charge in [0.1, 0.15) is 11.9 Å². The number of nitrogens with zero attached hydrogens (tertiary/aromatic N) is 2. The van der Waals surface area contributed by atoms with Crippen LogP contribution in [-0.2, 0) is 4.74 Å². The number of hydrogen-bond acceptors (Lipinski definition) is 6. The SMILES string of the molecule is CN(C)CCN1CCO[C@@H]2c3cc4c(cc3OCC[C@H]21)OCO4. The molecule has 0 amide bonds. The molecule has 1 saturated heterocycles. The third kappa shape index (κ3) is 2.86. The van der Waals surface area contributed by atoms with E-state index in [9.17, 15) is 0 Å². The monoisotopic (exact) mass is 320 g/mol. The zero-order valence-corrected chi connectivity index (χ0v) is 13.8. The minimum atomic E-state index is 0.0397. The van der Waals surface area contributed by atoms with Crippen molar-refractivity contribution in [3.05, 3.63) is 17.7 Å². The van der Waals surface area contributed by atoms with Gasteiger partial charge in [-0.05, 0) is 26.6 Å². The average Bonchev–Trinajstić information content (AvgIpc) is 2.92. The second kappa shape index (κ2) is 6.19. The first-order chi connectivity index (χ1) is 11.2. The van der Waals surface area contributed by atoms with E-state index in [4.69, 9.17) is 18.9 Å². The number of likely N-dealkylation sites (N-methyl/N-ethyl adjacent to an activating group) is 1. The minimum Gasteiger partial charge on any atom is -0.493 e. The van der Waals surface area contributed by atoms with Crippen molar-refractivity contribution >= 4 is 0 Å². The molecule has 6 heteroatoms. The van der Waals surface area contributed by atoms with Crippen molar-refractivity contribution in [2.24, 2.45) is 0 Å². The third-order valence-electron chi connectivity index (χ3n) is 4.81. The highest BCUT2D eigenvalue weighted by atomic mass is 16.7. The molecule has 1 aromatic rings. The number of rotatable bonds is 3. The standard InChI is InChI=1S/C17H24N2O4/c1-18(2)4-5-19-6-8-21-17-12-9-15-16(23-11-22-15)10-14(12)20-7-3-13(17)19/h9-10,13,17H,3-8,11H2,1-2H3/t13-,17-/m1/s1. The van der Waals surface area contributed by atoms with Crippen LogP contribution < -0.4 is 14.2 Å². The van der Waals surface area contributed by atoms with E-state index in [0.717, 1.165) is 55.5 Å². The van der Waals surface area contributed by atoms with E-state index >= 15 is 0 Å². The van der Waals surface area contributed by atoms with Gasteiger partial charge in [0.05, 0.1) is 13.2 Å². The molecule has 126 valence electrons. The lowest BCUT2D eigenvalue weighted by atomic mass is 9.96. The Balaban J connectivity index is 1.62. The summed E-state index contributed by atoms with van der Waals surface area (Å²) in [7, 11) is 4.23. The molecular weight excluding hydrogens is 296 g/mol. The number of benzene rings is 1. The molecule has 0 aromatic heterocycles. The van der Waals surface area contributed by atoms with Crippen LogP contribution in [0.15, 0.2) is 12.1 Å². The molecule has 3 aliphatic rings. The van der Waals surface area contributed by atoms with E-state index in [1.807, 2.05) is 12.1 Å². The topological polar surface area (TPSA) is 43.4 Å². The molecule has 6 nitrogen and oxygen atoms in total. The third-order valence-corrected chi connectivity index (χ3v) is 4.81. The van der Waals surface area contributed by atoms with Crippen molar-refractivity contribution in [1.82, 2.24) is 9.80 Å². The highest BCUT2D eigenvalue weighted by Crippen LogP contribution is 2.45. The molecule has 0 bridgehead atoms. The quantitative estimate of drug-likeness (QED) is 0.841. The van der Waals surface area contributed by atoms with E-state index in [0.29, 0.717) is 12.6 Å². The Labute approximate surface area is 136 Å². The maximum atomic E-state index is 6.15. The maximum absolute atomic E-state index is 6.15. The molecule has 0 aliphatic carbocycles. The van der Waals surface area contributed by atoms with Crippen LogP contribution in [0.5, 0.6) is 17.2 Å². The molecule has 3 aliphatic heterocycles. The van der Waals surface area contributed by atoms with E-state index in [2.05, 4.69) is 23.9 Å². The maximum Gasteiger partial charge on any atom is 0.231 e. The van der Waals surface area contributed by atoms with Crippen LogP contribution in [0.4, 0.5) is 0 Å². The number of morpholine rings is 1. The van der Waals surface area contributed by atoms with Gasteiger partial charge in [0.25, 0.3) is 0 Å². The molecule has 0 spiro atoms. The molecule has 2 atom stereocenters. The Bertz CT molecular complexity index is 578. The molecule has 1 fully saturated rings. The predicted molar refractivity (Wildman–Crippen MR) is 85.3 cm³/mol. The van der Waals surface area contributed by atoms with Crippen molar-refractivity contribution in [1.29, 1.82) is 0 Å². The molecule has 0 saturated carbocycles. The largest absolute Gasteiger partial charge is 0.493 e. The first-order valence-corrected chi connectivity index (χ1v) is 8.29. The van der Waals surface area contributed by atoms with Crippen molar-refractivity contribution < 1.29 is 18.9 Å². The van der Waals surface area contributed by atoms with Crippen LogP contribution in [0, 0.1) is 0 Å². The summed E-state index contributed by atoms with van der Waals surface area (Å²) >= 11 is 0. The van der Waals surface area contributed by atoms with Crippen LogP contribution >= 0.6 is 0 Å². The van der Waals surface area contributed by atoms with Gasteiger partial charge in [-0.3, -0.25) is 4.90 Å². The molecule has 23 heavy (non-hydrogen) atoms. The second-order valence-corrected chi connectivity index (χ2v) is 6.58. The van der Waals surface area contributed by atoms with E-state index in [1.165, 1.54) is 0 Å². The highest BCUT2D eigenvalue weighted by Gasteiger charge is 2.37. The average molecular weight is 320 g/mol. The van der Waals surface area contributed by atoms with Crippen LogP contribution in [0.3, 0.4) is 0 Å². The lowest BCUT2D eigenvalue weighted by Gasteiger charge is -2.40. The first kappa shape index (κ1) is 15.1. The van der Waals surface area contributed by atoms with Crippen molar-refractivity contribution in [2.45, 2.75) is 18.6 Å². The van der Waals surface area contributed by atoms with Crippen LogP contribution in [0.2, 0.25) is 0 Å². The van der Waals surface area contributed by atoms with Gasteiger partial charge in [-0.1, -0.05) is 0 Å². The molecule has 0 radical (unpaired) electrons. The van der Waals surface area contributed by atoms with E-state index < -0.39 is 0 Å². The van der Waals surface area contributed by atoms with Crippen molar-refractivity contribution in [3.8, 4) is 17.2 Å². The first-order valence-electron chi connectivity index (χ1n) is 8.29.